The van der Waals surface area contributed by atoms with Gasteiger partial charge in [0.05, 0.1) is 5.56 Å². The van der Waals surface area contributed by atoms with E-state index in [1.165, 1.54) is 0 Å². The summed E-state index contributed by atoms with van der Waals surface area (Å²) >= 11 is 0. The van der Waals surface area contributed by atoms with Gasteiger partial charge in [0, 0.05) is 0 Å². The van der Waals surface area contributed by atoms with Gasteiger partial charge in [-0.15, -0.1) is 0 Å². The van der Waals surface area contributed by atoms with Crippen molar-refractivity contribution in [2.24, 2.45) is 0 Å². The lowest BCUT2D eigenvalue weighted by Gasteiger charge is -2.06. The minimum absolute atomic E-state index is 0.367. The summed E-state index contributed by atoms with van der Waals surface area (Å²) < 4.78 is 0. The maximum atomic E-state index is 10.8. The Labute approximate surface area is 90.3 Å². The number of carboxylic acids is 1. The zero-order valence-corrected chi connectivity index (χ0v) is 9.16. The zero-order chi connectivity index (χ0) is 11.3. The fourth-order valence-corrected chi connectivity index (χ4v) is 1.57. The van der Waals surface area contributed by atoms with Gasteiger partial charge in [0.25, 0.3) is 0 Å². The van der Waals surface area contributed by atoms with E-state index in [0.717, 1.165) is 24.0 Å². The van der Waals surface area contributed by atoms with E-state index in [0.29, 0.717) is 5.56 Å². The molecule has 0 heterocycles. The van der Waals surface area contributed by atoms with Crippen LogP contribution in [0.1, 0.15) is 41.8 Å². The maximum Gasteiger partial charge on any atom is 0.335 e. The van der Waals surface area contributed by atoms with Crippen LogP contribution in [0.25, 0.3) is 6.08 Å². The van der Waals surface area contributed by atoms with Crippen LogP contribution in [0.2, 0.25) is 0 Å². The van der Waals surface area contributed by atoms with E-state index in [4.69, 9.17) is 5.11 Å². The van der Waals surface area contributed by atoms with Crippen molar-refractivity contribution in [3.05, 3.63) is 41.0 Å². The zero-order valence-electron chi connectivity index (χ0n) is 9.16. The van der Waals surface area contributed by atoms with Crippen LogP contribution in [-0.2, 0) is 6.42 Å². The molecule has 0 atom stereocenters. The fourth-order valence-electron chi connectivity index (χ4n) is 1.57. The molecule has 0 amide bonds. The number of carboxylic acid groups (broad SMARTS) is 1. The minimum atomic E-state index is -0.862. The quantitative estimate of drug-likeness (QED) is 0.816. The number of aryl methyl sites for hydroxylation is 1. The summed E-state index contributed by atoms with van der Waals surface area (Å²) in [6, 6.07) is 5.28. The standard InChI is InChI=1S/C13H16O2/c1-3-5-10-7-8-12(13(14)15)9-11(10)6-4-2/h3,5,7-9H,4,6H2,1-2H3,(H,14,15)/b5-3-. The molecule has 0 spiro atoms. The average Bonchev–Trinajstić information content (AvgIpc) is 2.21. The van der Waals surface area contributed by atoms with Gasteiger partial charge in [-0.25, -0.2) is 4.79 Å². The average molecular weight is 204 g/mol. The third kappa shape index (κ3) is 2.94. The van der Waals surface area contributed by atoms with Crippen molar-refractivity contribution in [3.63, 3.8) is 0 Å². The highest BCUT2D eigenvalue weighted by atomic mass is 16.4. The topological polar surface area (TPSA) is 37.3 Å². The van der Waals surface area contributed by atoms with E-state index in [2.05, 4.69) is 6.92 Å². The predicted molar refractivity (Wildman–Crippen MR) is 62.1 cm³/mol. The highest BCUT2D eigenvalue weighted by molar-refractivity contribution is 5.88. The third-order valence-corrected chi connectivity index (χ3v) is 2.26. The summed E-state index contributed by atoms with van der Waals surface area (Å²) in [4.78, 5) is 10.8. The Morgan fingerprint density at radius 1 is 1.47 bits per heavy atom. The van der Waals surface area contributed by atoms with Gasteiger partial charge in [0.2, 0.25) is 0 Å². The van der Waals surface area contributed by atoms with E-state index < -0.39 is 5.97 Å². The third-order valence-electron chi connectivity index (χ3n) is 2.26. The summed E-state index contributed by atoms with van der Waals surface area (Å²) in [5.41, 5.74) is 2.59. The summed E-state index contributed by atoms with van der Waals surface area (Å²) in [5.74, 6) is -0.862. The number of hydrogen-bond donors (Lipinski definition) is 1. The second-order valence-corrected chi connectivity index (χ2v) is 3.47. The molecular weight excluding hydrogens is 188 g/mol. The monoisotopic (exact) mass is 204 g/mol. The van der Waals surface area contributed by atoms with Crippen molar-refractivity contribution in [2.45, 2.75) is 26.7 Å². The van der Waals surface area contributed by atoms with E-state index in [1.807, 2.05) is 25.1 Å². The molecule has 0 aliphatic carbocycles. The molecule has 0 fully saturated rings. The molecule has 0 unspecified atom stereocenters. The molecule has 0 aliphatic rings. The first-order valence-electron chi connectivity index (χ1n) is 5.18. The second-order valence-electron chi connectivity index (χ2n) is 3.47. The first-order valence-corrected chi connectivity index (χ1v) is 5.18. The van der Waals surface area contributed by atoms with Crippen molar-refractivity contribution in [1.82, 2.24) is 0 Å². The molecule has 0 saturated carbocycles. The molecule has 0 bridgehead atoms. The fraction of sp³-hybridized carbons (Fsp3) is 0.308. The van der Waals surface area contributed by atoms with Gasteiger partial charge in [-0.3, -0.25) is 0 Å². The Bertz CT molecular complexity index is 378. The Balaban J connectivity index is 3.13. The minimum Gasteiger partial charge on any atom is -0.478 e. The van der Waals surface area contributed by atoms with Crippen LogP contribution < -0.4 is 0 Å². The van der Waals surface area contributed by atoms with Crippen LogP contribution in [0.5, 0.6) is 0 Å². The molecule has 2 nitrogen and oxygen atoms in total. The van der Waals surface area contributed by atoms with Crippen molar-refractivity contribution in [3.8, 4) is 0 Å². The Morgan fingerprint density at radius 3 is 2.73 bits per heavy atom. The SMILES string of the molecule is C/C=C\c1ccc(C(=O)O)cc1CCC. The van der Waals surface area contributed by atoms with E-state index in [9.17, 15) is 4.79 Å². The molecule has 0 radical (unpaired) electrons. The molecular formula is C13H16O2. The number of carbonyl (C=O) groups is 1. The van der Waals surface area contributed by atoms with Crippen molar-refractivity contribution in [2.75, 3.05) is 0 Å². The van der Waals surface area contributed by atoms with Gasteiger partial charge in [0.1, 0.15) is 0 Å². The lowest BCUT2D eigenvalue weighted by molar-refractivity contribution is 0.0697. The van der Waals surface area contributed by atoms with Crippen LogP contribution in [0.4, 0.5) is 0 Å². The van der Waals surface area contributed by atoms with Gasteiger partial charge >= 0.3 is 5.97 Å². The van der Waals surface area contributed by atoms with Gasteiger partial charge in [-0.2, -0.15) is 0 Å². The van der Waals surface area contributed by atoms with E-state index in [-0.39, 0.29) is 0 Å². The summed E-state index contributed by atoms with van der Waals surface area (Å²) in [6.07, 6.45) is 5.92. The van der Waals surface area contributed by atoms with E-state index >= 15 is 0 Å². The molecule has 80 valence electrons. The number of rotatable bonds is 4. The number of allylic oxidation sites excluding steroid dienone is 1. The second kappa shape index (κ2) is 5.35. The number of hydrogen-bond acceptors (Lipinski definition) is 1. The summed E-state index contributed by atoms with van der Waals surface area (Å²) in [6.45, 7) is 4.05. The lowest BCUT2D eigenvalue weighted by atomic mass is 10.00. The van der Waals surface area contributed by atoms with E-state index in [1.54, 1.807) is 12.1 Å². The first-order chi connectivity index (χ1) is 7.19. The molecule has 1 N–H and O–H groups in total. The molecule has 1 aromatic rings. The molecule has 2 heteroatoms. The predicted octanol–water partition coefficient (Wildman–Crippen LogP) is 3.37. The molecule has 15 heavy (non-hydrogen) atoms. The van der Waals surface area contributed by atoms with Crippen LogP contribution in [0, 0.1) is 0 Å². The number of aromatic carboxylic acids is 1. The normalized spacial score (nSPS) is 10.8. The molecule has 1 rings (SSSR count). The highest BCUT2D eigenvalue weighted by Gasteiger charge is 2.05. The van der Waals surface area contributed by atoms with Crippen LogP contribution >= 0.6 is 0 Å². The van der Waals surface area contributed by atoms with Gasteiger partial charge in [0.15, 0.2) is 0 Å². The Kier molecular flexibility index (Phi) is 4.10. The lowest BCUT2D eigenvalue weighted by Crippen LogP contribution is -1.99. The van der Waals surface area contributed by atoms with Crippen LogP contribution in [0.15, 0.2) is 24.3 Å². The summed E-state index contributed by atoms with van der Waals surface area (Å²) in [7, 11) is 0. The Hall–Kier alpha value is -1.57. The Morgan fingerprint density at radius 2 is 2.20 bits per heavy atom. The van der Waals surface area contributed by atoms with Crippen LogP contribution in [0.3, 0.4) is 0 Å². The first kappa shape index (κ1) is 11.5. The van der Waals surface area contributed by atoms with Gasteiger partial charge in [-0.1, -0.05) is 31.6 Å². The van der Waals surface area contributed by atoms with Gasteiger partial charge < -0.3 is 5.11 Å². The highest BCUT2D eigenvalue weighted by Crippen LogP contribution is 2.16. The molecule has 0 aliphatic heterocycles. The van der Waals surface area contributed by atoms with Crippen molar-refractivity contribution in [1.29, 1.82) is 0 Å². The largest absolute Gasteiger partial charge is 0.478 e. The van der Waals surface area contributed by atoms with Crippen molar-refractivity contribution < 1.29 is 9.90 Å². The van der Waals surface area contributed by atoms with Crippen LogP contribution in [-0.4, -0.2) is 11.1 Å². The smallest absolute Gasteiger partial charge is 0.335 e. The molecule has 1 aromatic carbocycles. The number of benzene rings is 1. The van der Waals surface area contributed by atoms with Gasteiger partial charge in [-0.05, 0) is 36.6 Å². The molecule has 0 aromatic heterocycles. The summed E-state index contributed by atoms with van der Waals surface area (Å²) in [5, 5.41) is 8.88. The molecule has 0 saturated heterocycles. The van der Waals surface area contributed by atoms with Crippen molar-refractivity contribution >= 4 is 12.0 Å². The maximum absolute atomic E-state index is 10.8.